The molecule has 0 saturated heterocycles. The zero-order valence-corrected chi connectivity index (χ0v) is 12.8. The van der Waals surface area contributed by atoms with Gasteiger partial charge in [0.25, 0.3) is 5.91 Å². The molecule has 0 saturated carbocycles. The molecule has 0 aliphatic rings. The van der Waals surface area contributed by atoms with Gasteiger partial charge in [-0.2, -0.15) is 0 Å². The summed E-state index contributed by atoms with van der Waals surface area (Å²) in [7, 11) is -2.48. The highest BCUT2D eigenvalue weighted by molar-refractivity contribution is 7.89. The molecular formula is C13H19FN2O3S. The third-order valence-corrected chi connectivity index (χ3v) is 4.47. The number of nitrogens with zero attached hydrogens (tertiary/aromatic N) is 1. The lowest BCUT2D eigenvalue weighted by molar-refractivity contribution is 0.0739. The fourth-order valence-corrected chi connectivity index (χ4v) is 2.65. The van der Waals surface area contributed by atoms with Gasteiger partial charge in [0.2, 0.25) is 10.0 Å². The molecule has 1 unspecified atom stereocenters. The van der Waals surface area contributed by atoms with Crippen LogP contribution in [0.3, 0.4) is 0 Å². The number of hydrogen-bond acceptors (Lipinski definition) is 3. The van der Waals surface area contributed by atoms with E-state index < -0.39 is 21.7 Å². The molecule has 0 spiro atoms. The number of hydrogen-bond donors (Lipinski definition) is 1. The van der Waals surface area contributed by atoms with Crippen LogP contribution in [0.15, 0.2) is 17.0 Å². The van der Waals surface area contributed by atoms with Gasteiger partial charge in [0.1, 0.15) is 5.82 Å². The molecular weight excluding hydrogens is 283 g/mol. The highest BCUT2D eigenvalue weighted by Crippen LogP contribution is 2.22. The summed E-state index contributed by atoms with van der Waals surface area (Å²) in [5.74, 6) is -1.23. The first kappa shape index (κ1) is 16.6. The molecule has 0 aromatic heterocycles. The molecule has 0 bridgehead atoms. The van der Waals surface area contributed by atoms with E-state index in [-0.39, 0.29) is 22.1 Å². The summed E-state index contributed by atoms with van der Waals surface area (Å²) in [5.41, 5.74) is 0.172. The lowest BCUT2D eigenvalue weighted by Gasteiger charge is -2.25. The minimum atomic E-state index is -4.07. The van der Waals surface area contributed by atoms with Crippen molar-refractivity contribution in [1.82, 2.24) is 4.90 Å². The Morgan fingerprint density at radius 1 is 1.45 bits per heavy atom. The molecule has 0 fully saturated rings. The third-order valence-electron chi connectivity index (χ3n) is 3.43. The average molecular weight is 302 g/mol. The Hall–Kier alpha value is -1.47. The summed E-state index contributed by atoms with van der Waals surface area (Å²) in [4.78, 5) is 13.4. The molecule has 0 aliphatic carbocycles. The van der Waals surface area contributed by atoms with Crippen LogP contribution in [0.4, 0.5) is 4.39 Å². The second-order valence-electron chi connectivity index (χ2n) is 4.79. The number of benzene rings is 1. The molecule has 0 aliphatic heterocycles. The minimum absolute atomic E-state index is 0.0109. The van der Waals surface area contributed by atoms with Crippen LogP contribution in [0.1, 0.15) is 36.2 Å². The smallest absolute Gasteiger partial charge is 0.254 e. The van der Waals surface area contributed by atoms with Gasteiger partial charge >= 0.3 is 0 Å². The van der Waals surface area contributed by atoms with Crippen LogP contribution in [0.2, 0.25) is 0 Å². The first-order valence-corrected chi connectivity index (χ1v) is 7.74. The molecule has 20 heavy (non-hydrogen) atoms. The summed E-state index contributed by atoms with van der Waals surface area (Å²) in [6, 6.07) is 1.82. The zero-order valence-electron chi connectivity index (χ0n) is 12.0. The van der Waals surface area contributed by atoms with E-state index in [2.05, 4.69) is 0 Å². The van der Waals surface area contributed by atoms with Gasteiger partial charge in [-0.3, -0.25) is 4.79 Å². The number of sulfonamides is 1. The first-order chi connectivity index (χ1) is 9.09. The van der Waals surface area contributed by atoms with Crippen molar-refractivity contribution in [2.75, 3.05) is 7.05 Å². The maximum atomic E-state index is 13.6. The van der Waals surface area contributed by atoms with Gasteiger partial charge in [-0.15, -0.1) is 0 Å². The van der Waals surface area contributed by atoms with Crippen LogP contribution in [-0.2, 0) is 10.0 Å². The van der Waals surface area contributed by atoms with E-state index in [1.807, 2.05) is 13.8 Å². The van der Waals surface area contributed by atoms with Gasteiger partial charge in [-0.1, -0.05) is 6.92 Å². The van der Waals surface area contributed by atoms with Gasteiger partial charge in [0.15, 0.2) is 0 Å². The summed E-state index contributed by atoms with van der Waals surface area (Å²) in [6.07, 6.45) is 0.735. The largest absolute Gasteiger partial charge is 0.339 e. The van der Waals surface area contributed by atoms with E-state index in [1.165, 1.54) is 11.8 Å². The minimum Gasteiger partial charge on any atom is -0.339 e. The molecule has 112 valence electrons. The lowest BCUT2D eigenvalue weighted by Crippen LogP contribution is -2.35. The molecule has 0 radical (unpaired) electrons. The number of halogens is 1. The van der Waals surface area contributed by atoms with E-state index >= 15 is 0 Å². The number of carbonyl (C=O) groups excluding carboxylic acids is 1. The first-order valence-electron chi connectivity index (χ1n) is 6.19. The maximum absolute atomic E-state index is 13.6. The summed E-state index contributed by atoms with van der Waals surface area (Å²) < 4.78 is 36.4. The Balaban J connectivity index is 3.40. The van der Waals surface area contributed by atoms with Crippen LogP contribution >= 0.6 is 0 Å². The van der Waals surface area contributed by atoms with Gasteiger partial charge < -0.3 is 4.90 Å². The Kier molecular flexibility index (Phi) is 4.88. The topological polar surface area (TPSA) is 80.5 Å². The van der Waals surface area contributed by atoms with Crippen LogP contribution in [0, 0.1) is 12.7 Å². The third kappa shape index (κ3) is 3.34. The molecule has 1 atom stereocenters. The van der Waals surface area contributed by atoms with Gasteiger partial charge in [-0.05, 0) is 38.0 Å². The summed E-state index contributed by atoms with van der Waals surface area (Å²) >= 11 is 0. The fraction of sp³-hybridized carbons (Fsp3) is 0.462. The van der Waals surface area contributed by atoms with E-state index in [0.717, 1.165) is 18.6 Å². The molecule has 5 nitrogen and oxygen atoms in total. The predicted octanol–water partition coefficient (Wildman–Crippen LogP) is 1.65. The predicted molar refractivity (Wildman–Crippen MR) is 74.4 cm³/mol. The zero-order chi connectivity index (χ0) is 15.7. The number of nitrogens with two attached hydrogens (primary N) is 1. The molecule has 0 heterocycles. The van der Waals surface area contributed by atoms with Crippen molar-refractivity contribution in [1.29, 1.82) is 0 Å². The van der Waals surface area contributed by atoms with Crippen LogP contribution in [0.25, 0.3) is 0 Å². The second kappa shape index (κ2) is 5.88. The normalized spacial score (nSPS) is 13.1. The van der Waals surface area contributed by atoms with Crippen LogP contribution in [-0.4, -0.2) is 32.3 Å². The average Bonchev–Trinajstić information content (AvgIpc) is 2.37. The molecule has 7 heteroatoms. The van der Waals surface area contributed by atoms with Crippen molar-refractivity contribution in [3.63, 3.8) is 0 Å². The summed E-state index contributed by atoms with van der Waals surface area (Å²) in [6.45, 7) is 5.21. The Morgan fingerprint density at radius 3 is 2.45 bits per heavy atom. The quantitative estimate of drug-likeness (QED) is 0.918. The van der Waals surface area contributed by atoms with E-state index in [1.54, 1.807) is 7.05 Å². The van der Waals surface area contributed by atoms with E-state index in [4.69, 9.17) is 5.14 Å². The van der Waals surface area contributed by atoms with E-state index in [0.29, 0.717) is 0 Å². The second-order valence-corrected chi connectivity index (χ2v) is 6.32. The van der Waals surface area contributed by atoms with Gasteiger partial charge in [0.05, 0.1) is 4.90 Å². The summed E-state index contributed by atoms with van der Waals surface area (Å²) in [5, 5.41) is 5.04. The standard InChI is InChI=1S/C13H19FN2O3S/c1-5-8(2)16(4)13(17)11-6-10(14)7-12(9(11)3)20(15,18)19/h6-8H,5H2,1-4H3,(H2,15,18,19). The molecule has 1 aromatic rings. The number of primary sulfonamides is 1. The molecule has 1 aromatic carbocycles. The Labute approximate surface area is 118 Å². The van der Waals surface area contributed by atoms with E-state index in [9.17, 15) is 17.6 Å². The fourth-order valence-electron chi connectivity index (χ4n) is 1.84. The monoisotopic (exact) mass is 302 g/mol. The number of amides is 1. The van der Waals surface area contributed by atoms with Crippen molar-refractivity contribution in [2.45, 2.75) is 38.1 Å². The van der Waals surface area contributed by atoms with Crippen molar-refractivity contribution < 1.29 is 17.6 Å². The van der Waals surface area contributed by atoms with Crippen LogP contribution < -0.4 is 5.14 Å². The van der Waals surface area contributed by atoms with Crippen molar-refractivity contribution >= 4 is 15.9 Å². The van der Waals surface area contributed by atoms with Crippen molar-refractivity contribution in [3.8, 4) is 0 Å². The molecule has 1 rings (SSSR count). The highest BCUT2D eigenvalue weighted by atomic mass is 32.2. The van der Waals surface area contributed by atoms with Crippen molar-refractivity contribution in [2.24, 2.45) is 5.14 Å². The van der Waals surface area contributed by atoms with Crippen molar-refractivity contribution in [3.05, 3.63) is 29.1 Å². The highest BCUT2D eigenvalue weighted by Gasteiger charge is 2.23. The molecule has 2 N–H and O–H groups in total. The Morgan fingerprint density at radius 2 is 2.00 bits per heavy atom. The number of carbonyl (C=O) groups is 1. The van der Waals surface area contributed by atoms with Gasteiger partial charge in [-0.25, -0.2) is 17.9 Å². The van der Waals surface area contributed by atoms with Crippen LogP contribution in [0.5, 0.6) is 0 Å². The maximum Gasteiger partial charge on any atom is 0.254 e. The Bertz CT molecular complexity index is 629. The lowest BCUT2D eigenvalue weighted by atomic mass is 10.1. The molecule has 1 amide bonds. The van der Waals surface area contributed by atoms with Gasteiger partial charge in [0, 0.05) is 18.7 Å². The SMILES string of the molecule is CCC(C)N(C)C(=O)c1cc(F)cc(S(N)(=O)=O)c1C. The number of rotatable bonds is 4.